The lowest BCUT2D eigenvalue weighted by molar-refractivity contribution is 0.212. The molecule has 118 valence electrons. The Labute approximate surface area is 135 Å². The summed E-state index contributed by atoms with van der Waals surface area (Å²) in [6.07, 6.45) is 2.05. The lowest BCUT2D eigenvalue weighted by Gasteiger charge is -2.29. The second-order valence-electron chi connectivity index (χ2n) is 6.10. The summed E-state index contributed by atoms with van der Waals surface area (Å²) in [6.45, 7) is 4.15. The van der Waals surface area contributed by atoms with Crippen LogP contribution in [0.3, 0.4) is 0 Å². The molecule has 0 radical (unpaired) electrons. The summed E-state index contributed by atoms with van der Waals surface area (Å²) in [7, 11) is 2.13. The van der Waals surface area contributed by atoms with Crippen molar-refractivity contribution < 1.29 is 4.79 Å². The molecule has 2 aromatic rings. The maximum atomic E-state index is 12.2. The molecule has 4 nitrogen and oxygen atoms in total. The Morgan fingerprint density at radius 2 is 2.05 bits per heavy atom. The third-order valence-electron chi connectivity index (χ3n) is 4.38. The Bertz CT molecular complexity index is 646. The van der Waals surface area contributed by atoms with Crippen LogP contribution in [-0.4, -0.2) is 37.1 Å². The van der Waals surface area contributed by atoms with Gasteiger partial charge >= 0.3 is 6.03 Å². The van der Waals surface area contributed by atoms with Gasteiger partial charge in [0.2, 0.25) is 0 Å². The standard InChI is InChI=1S/C17H23N3OS/c1-12(15-11-22-16-6-4-3-5-14(15)16)18-17(21)19-13-7-9-20(2)10-8-13/h3-6,11-13H,7-10H2,1-2H3,(H2,18,19,21). The van der Waals surface area contributed by atoms with Crippen molar-refractivity contribution in [2.24, 2.45) is 0 Å². The molecule has 1 fully saturated rings. The van der Waals surface area contributed by atoms with E-state index in [0.717, 1.165) is 25.9 Å². The van der Waals surface area contributed by atoms with Crippen LogP contribution in [0.4, 0.5) is 4.79 Å². The minimum atomic E-state index is -0.0580. The normalized spacial score (nSPS) is 18.3. The molecule has 2 heterocycles. The number of urea groups is 1. The highest BCUT2D eigenvalue weighted by atomic mass is 32.1. The van der Waals surface area contributed by atoms with Crippen molar-refractivity contribution in [3.8, 4) is 0 Å². The van der Waals surface area contributed by atoms with E-state index in [0.29, 0.717) is 6.04 Å². The number of fused-ring (bicyclic) bond motifs is 1. The van der Waals surface area contributed by atoms with Crippen LogP contribution >= 0.6 is 11.3 Å². The summed E-state index contributed by atoms with van der Waals surface area (Å²) in [5, 5.41) is 9.56. The van der Waals surface area contributed by atoms with Gasteiger partial charge in [-0.3, -0.25) is 0 Å². The Hall–Kier alpha value is -1.59. The van der Waals surface area contributed by atoms with Gasteiger partial charge in [-0.05, 0) is 62.3 Å². The van der Waals surface area contributed by atoms with Crippen molar-refractivity contribution in [1.82, 2.24) is 15.5 Å². The molecule has 5 heteroatoms. The van der Waals surface area contributed by atoms with Gasteiger partial charge in [0.15, 0.2) is 0 Å². The van der Waals surface area contributed by atoms with E-state index in [4.69, 9.17) is 0 Å². The van der Waals surface area contributed by atoms with Crippen LogP contribution in [0.15, 0.2) is 29.6 Å². The van der Waals surface area contributed by atoms with Crippen LogP contribution in [-0.2, 0) is 0 Å². The van der Waals surface area contributed by atoms with Crippen LogP contribution < -0.4 is 10.6 Å². The number of amides is 2. The average Bonchev–Trinajstić information content (AvgIpc) is 2.93. The van der Waals surface area contributed by atoms with Gasteiger partial charge in [-0.15, -0.1) is 11.3 Å². The van der Waals surface area contributed by atoms with Crippen molar-refractivity contribution in [3.05, 3.63) is 35.2 Å². The average molecular weight is 317 g/mol. The molecular weight excluding hydrogens is 294 g/mol. The van der Waals surface area contributed by atoms with E-state index in [-0.39, 0.29) is 12.1 Å². The molecule has 1 aliphatic heterocycles. The number of rotatable bonds is 3. The van der Waals surface area contributed by atoms with E-state index in [9.17, 15) is 4.79 Å². The Morgan fingerprint density at radius 3 is 2.82 bits per heavy atom. The van der Waals surface area contributed by atoms with Gasteiger partial charge < -0.3 is 15.5 Å². The quantitative estimate of drug-likeness (QED) is 0.912. The van der Waals surface area contributed by atoms with Crippen molar-refractivity contribution in [1.29, 1.82) is 0 Å². The lowest BCUT2D eigenvalue weighted by atomic mass is 10.1. The zero-order chi connectivity index (χ0) is 15.5. The number of nitrogens with zero attached hydrogens (tertiary/aromatic N) is 1. The van der Waals surface area contributed by atoms with E-state index in [1.165, 1.54) is 15.6 Å². The molecule has 2 amide bonds. The fraction of sp³-hybridized carbons (Fsp3) is 0.471. The SMILES string of the molecule is CC(NC(=O)NC1CCN(C)CC1)c1csc2ccccc12. The van der Waals surface area contributed by atoms with E-state index in [1.54, 1.807) is 11.3 Å². The zero-order valence-corrected chi connectivity index (χ0v) is 14.0. The van der Waals surface area contributed by atoms with Gasteiger partial charge in [0, 0.05) is 10.7 Å². The first-order valence-corrected chi connectivity index (χ1v) is 8.73. The summed E-state index contributed by atoms with van der Waals surface area (Å²) >= 11 is 1.73. The molecular formula is C17H23N3OS. The first-order chi connectivity index (χ1) is 10.6. The summed E-state index contributed by atoms with van der Waals surface area (Å²) < 4.78 is 1.27. The summed E-state index contributed by atoms with van der Waals surface area (Å²) in [6, 6.07) is 8.59. The van der Waals surface area contributed by atoms with Crippen LogP contribution in [0.2, 0.25) is 0 Å². The predicted octanol–water partition coefficient (Wildman–Crippen LogP) is 3.36. The monoisotopic (exact) mass is 317 g/mol. The first kappa shape index (κ1) is 15.3. The maximum absolute atomic E-state index is 12.2. The van der Waals surface area contributed by atoms with Gasteiger partial charge in [0.1, 0.15) is 0 Å². The Kier molecular flexibility index (Phi) is 4.64. The maximum Gasteiger partial charge on any atom is 0.315 e. The molecule has 1 saturated heterocycles. The molecule has 3 rings (SSSR count). The van der Waals surface area contributed by atoms with Crippen LogP contribution in [0.5, 0.6) is 0 Å². The minimum absolute atomic E-state index is 0.0161. The van der Waals surface area contributed by atoms with Crippen molar-refractivity contribution in [2.45, 2.75) is 31.8 Å². The van der Waals surface area contributed by atoms with Gasteiger partial charge in [-0.1, -0.05) is 18.2 Å². The van der Waals surface area contributed by atoms with Crippen LogP contribution in [0, 0.1) is 0 Å². The van der Waals surface area contributed by atoms with E-state index in [1.807, 2.05) is 19.1 Å². The number of hydrogen-bond donors (Lipinski definition) is 2. The number of nitrogens with one attached hydrogen (secondary N) is 2. The van der Waals surface area contributed by atoms with Gasteiger partial charge in [0.05, 0.1) is 6.04 Å². The van der Waals surface area contributed by atoms with E-state index < -0.39 is 0 Å². The number of likely N-dealkylation sites (tertiary alicyclic amines) is 1. The predicted molar refractivity (Wildman–Crippen MR) is 92.4 cm³/mol. The lowest BCUT2D eigenvalue weighted by Crippen LogP contribution is -2.47. The first-order valence-electron chi connectivity index (χ1n) is 7.85. The molecule has 1 atom stereocenters. The van der Waals surface area contributed by atoms with Gasteiger partial charge in [0.25, 0.3) is 0 Å². The summed E-state index contributed by atoms with van der Waals surface area (Å²) in [4.78, 5) is 14.5. The van der Waals surface area contributed by atoms with E-state index in [2.05, 4.69) is 40.1 Å². The van der Waals surface area contributed by atoms with Crippen molar-refractivity contribution in [2.75, 3.05) is 20.1 Å². The van der Waals surface area contributed by atoms with Crippen LogP contribution in [0.1, 0.15) is 31.4 Å². The van der Waals surface area contributed by atoms with Crippen molar-refractivity contribution >= 4 is 27.5 Å². The number of hydrogen-bond acceptors (Lipinski definition) is 3. The minimum Gasteiger partial charge on any atom is -0.335 e. The summed E-state index contributed by atoms with van der Waals surface area (Å²) in [5.41, 5.74) is 1.19. The number of benzene rings is 1. The highest BCUT2D eigenvalue weighted by Gasteiger charge is 2.20. The number of thiophene rings is 1. The second kappa shape index (κ2) is 6.67. The highest BCUT2D eigenvalue weighted by molar-refractivity contribution is 7.17. The third-order valence-corrected chi connectivity index (χ3v) is 5.36. The third kappa shape index (κ3) is 3.42. The Morgan fingerprint density at radius 1 is 1.32 bits per heavy atom. The molecule has 1 aliphatic rings. The molecule has 1 aromatic carbocycles. The fourth-order valence-electron chi connectivity index (χ4n) is 2.99. The molecule has 2 N–H and O–H groups in total. The second-order valence-corrected chi connectivity index (χ2v) is 7.02. The van der Waals surface area contributed by atoms with Gasteiger partial charge in [-0.2, -0.15) is 0 Å². The topological polar surface area (TPSA) is 44.4 Å². The molecule has 0 aliphatic carbocycles. The largest absolute Gasteiger partial charge is 0.335 e. The molecule has 1 aromatic heterocycles. The highest BCUT2D eigenvalue weighted by Crippen LogP contribution is 2.29. The zero-order valence-electron chi connectivity index (χ0n) is 13.1. The Balaban J connectivity index is 1.59. The molecule has 0 spiro atoms. The molecule has 0 saturated carbocycles. The van der Waals surface area contributed by atoms with Gasteiger partial charge in [-0.25, -0.2) is 4.79 Å². The number of carbonyl (C=O) groups is 1. The molecule has 1 unspecified atom stereocenters. The number of carbonyl (C=O) groups excluding carboxylic acids is 1. The van der Waals surface area contributed by atoms with Crippen LogP contribution in [0.25, 0.3) is 10.1 Å². The van der Waals surface area contributed by atoms with E-state index >= 15 is 0 Å². The summed E-state index contributed by atoms with van der Waals surface area (Å²) in [5.74, 6) is 0. The fourth-order valence-corrected chi connectivity index (χ4v) is 4.04. The smallest absolute Gasteiger partial charge is 0.315 e. The molecule has 0 bridgehead atoms. The molecule has 22 heavy (non-hydrogen) atoms. The number of piperidine rings is 1. The van der Waals surface area contributed by atoms with Crippen molar-refractivity contribution in [3.63, 3.8) is 0 Å².